The number of methoxy groups -OCH3 is 1. The van der Waals surface area contributed by atoms with Gasteiger partial charge < -0.3 is 20.1 Å². The number of carbonyl (C=O) groups is 1. The van der Waals surface area contributed by atoms with Gasteiger partial charge in [0.25, 0.3) is 0 Å². The third-order valence-corrected chi connectivity index (χ3v) is 3.17. The largest absolute Gasteiger partial charge is 0.467 e. The molecule has 112 valence electrons. The quantitative estimate of drug-likeness (QED) is 0.814. The van der Waals surface area contributed by atoms with Crippen molar-refractivity contribution in [2.24, 2.45) is 0 Å². The van der Waals surface area contributed by atoms with Gasteiger partial charge in [-0.3, -0.25) is 0 Å². The molecule has 21 heavy (non-hydrogen) atoms. The van der Waals surface area contributed by atoms with E-state index in [0.717, 1.165) is 24.2 Å². The molecular formula is C16H20N2O3. The summed E-state index contributed by atoms with van der Waals surface area (Å²) in [4.78, 5) is 13.1. The minimum Gasteiger partial charge on any atom is -0.467 e. The molecule has 0 spiro atoms. The lowest BCUT2D eigenvalue weighted by atomic mass is 10.2. The lowest BCUT2D eigenvalue weighted by molar-refractivity contribution is -0.149. The number of hydrogen-bond donors (Lipinski definition) is 2. The van der Waals surface area contributed by atoms with Crippen LogP contribution in [0.1, 0.15) is 12.8 Å². The van der Waals surface area contributed by atoms with E-state index in [4.69, 9.17) is 0 Å². The minimum absolute atomic E-state index is 0.121. The van der Waals surface area contributed by atoms with Gasteiger partial charge in [0.2, 0.25) is 0 Å². The molecule has 1 aliphatic rings. The highest BCUT2D eigenvalue weighted by Gasteiger charge is 2.14. The van der Waals surface area contributed by atoms with Crippen LogP contribution in [0.5, 0.6) is 0 Å². The van der Waals surface area contributed by atoms with Crippen molar-refractivity contribution in [3.63, 3.8) is 0 Å². The zero-order valence-corrected chi connectivity index (χ0v) is 12.0. The fourth-order valence-corrected chi connectivity index (χ4v) is 1.98. The Morgan fingerprint density at radius 1 is 1.29 bits per heavy atom. The molecule has 2 rings (SSSR count). The lowest BCUT2D eigenvalue weighted by Gasteiger charge is -2.16. The van der Waals surface area contributed by atoms with Crippen LogP contribution >= 0.6 is 0 Å². The molecule has 0 aromatic heterocycles. The van der Waals surface area contributed by atoms with Gasteiger partial charge in [-0.1, -0.05) is 12.2 Å². The fraction of sp³-hybridized carbons (Fsp3) is 0.312. The number of ether oxygens (including phenoxy) is 1. The number of benzene rings is 1. The van der Waals surface area contributed by atoms with Crippen LogP contribution < -0.4 is 10.2 Å². The number of nitrogens with zero attached hydrogens (tertiary/aromatic N) is 1. The number of rotatable bonds is 5. The highest BCUT2D eigenvalue weighted by Crippen LogP contribution is 2.20. The Morgan fingerprint density at radius 2 is 1.90 bits per heavy atom. The van der Waals surface area contributed by atoms with Crippen LogP contribution in [-0.2, 0) is 9.53 Å². The van der Waals surface area contributed by atoms with Crippen LogP contribution in [0.3, 0.4) is 0 Å². The molecule has 0 saturated heterocycles. The first-order valence-electron chi connectivity index (χ1n) is 6.92. The predicted molar refractivity (Wildman–Crippen MR) is 82.9 cm³/mol. The minimum atomic E-state index is -1.16. The Labute approximate surface area is 124 Å². The molecule has 5 nitrogen and oxygen atoms in total. The molecule has 2 N–H and O–H groups in total. The Morgan fingerprint density at radius 3 is 2.48 bits per heavy atom. The monoisotopic (exact) mass is 288 g/mol. The zero-order chi connectivity index (χ0) is 15.1. The third kappa shape index (κ3) is 4.36. The molecule has 1 unspecified atom stereocenters. The van der Waals surface area contributed by atoms with Crippen LogP contribution in [0.15, 0.2) is 48.8 Å². The zero-order valence-electron chi connectivity index (χ0n) is 12.0. The molecule has 1 atom stereocenters. The molecule has 1 heterocycles. The number of esters is 1. The van der Waals surface area contributed by atoms with E-state index in [0.29, 0.717) is 0 Å². The van der Waals surface area contributed by atoms with Crippen LogP contribution in [0.25, 0.3) is 0 Å². The normalized spacial score (nSPS) is 15.4. The van der Waals surface area contributed by atoms with Crippen molar-refractivity contribution in [2.45, 2.75) is 18.9 Å². The summed E-state index contributed by atoms with van der Waals surface area (Å²) >= 11 is 0. The standard InChI is InChI=1S/C16H20N2O3/c1-21-16(20)15(19)12-17-13-6-8-14(9-7-13)18-10-4-2-3-5-11-18/h4-11,15,17,19H,2-3,12H2,1H3. The highest BCUT2D eigenvalue weighted by atomic mass is 16.5. The van der Waals surface area contributed by atoms with Crippen molar-refractivity contribution in [3.05, 3.63) is 48.8 Å². The molecule has 5 heteroatoms. The second-order valence-electron chi connectivity index (χ2n) is 4.72. The van der Waals surface area contributed by atoms with Crippen LogP contribution in [-0.4, -0.2) is 30.8 Å². The Bertz CT molecular complexity index is 509. The summed E-state index contributed by atoms with van der Waals surface area (Å²) in [6.45, 7) is 0.121. The maximum Gasteiger partial charge on any atom is 0.336 e. The first-order chi connectivity index (χ1) is 10.2. The SMILES string of the molecule is COC(=O)C(O)CNc1ccc(N2C=CCCC=C2)cc1. The van der Waals surface area contributed by atoms with Gasteiger partial charge >= 0.3 is 5.97 Å². The fourth-order valence-electron chi connectivity index (χ4n) is 1.98. The van der Waals surface area contributed by atoms with Crippen molar-refractivity contribution in [1.82, 2.24) is 0 Å². The van der Waals surface area contributed by atoms with Gasteiger partial charge in [0, 0.05) is 23.8 Å². The number of aliphatic hydroxyl groups is 1. The Hall–Kier alpha value is -2.27. The molecule has 0 aliphatic carbocycles. The Balaban J connectivity index is 1.94. The van der Waals surface area contributed by atoms with Crippen molar-refractivity contribution >= 4 is 17.3 Å². The smallest absolute Gasteiger partial charge is 0.336 e. The van der Waals surface area contributed by atoms with Gasteiger partial charge in [0.15, 0.2) is 6.10 Å². The Kier molecular flexibility index (Phi) is 5.40. The van der Waals surface area contributed by atoms with Crippen molar-refractivity contribution in [1.29, 1.82) is 0 Å². The van der Waals surface area contributed by atoms with E-state index < -0.39 is 12.1 Å². The van der Waals surface area contributed by atoms with E-state index >= 15 is 0 Å². The number of hydrogen-bond acceptors (Lipinski definition) is 5. The summed E-state index contributed by atoms with van der Waals surface area (Å²) < 4.78 is 4.46. The van der Waals surface area contributed by atoms with Crippen LogP contribution in [0, 0.1) is 0 Å². The lowest BCUT2D eigenvalue weighted by Crippen LogP contribution is -2.29. The molecule has 1 aromatic carbocycles. The van der Waals surface area contributed by atoms with Gasteiger partial charge in [-0.15, -0.1) is 0 Å². The maximum absolute atomic E-state index is 11.1. The molecule has 0 saturated carbocycles. The van der Waals surface area contributed by atoms with Crippen LogP contribution in [0.2, 0.25) is 0 Å². The predicted octanol–water partition coefficient (Wildman–Crippen LogP) is 2.26. The number of allylic oxidation sites excluding steroid dienone is 2. The van der Waals surface area contributed by atoms with E-state index in [1.165, 1.54) is 7.11 Å². The van der Waals surface area contributed by atoms with Gasteiger partial charge in [-0.2, -0.15) is 0 Å². The highest BCUT2D eigenvalue weighted by molar-refractivity contribution is 5.75. The first-order valence-corrected chi connectivity index (χ1v) is 6.92. The molecule has 0 radical (unpaired) electrons. The molecule has 0 bridgehead atoms. The summed E-state index contributed by atoms with van der Waals surface area (Å²) in [6, 6.07) is 7.78. The van der Waals surface area contributed by atoms with Crippen molar-refractivity contribution in [2.75, 3.05) is 23.9 Å². The second kappa shape index (κ2) is 7.50. The summed E-state index contributed by atoms with van der Waals surface area (Å²) in [5, 5.41) is 12.5. The van der Waals surface area contributed by atoms with E-state index in [1.54, 1.807) is 0 Å². The summed E-state index contributed by atoms with van der Waals surface area (Å²) in [5.41, 5.74) is 1.90. The van der Waals surface area contributed by atoms with Crippen LogP contribution in [0.4, 0.5) is 11.4 Å². The topological polar surface area (TPSA) is 61.8 Å². The van der Waals surface area contributed by atoms with E-state index in [9.17, 15) is 9.90 Å². The van der Waals surface area contributed by atoms with Gasteiger partial charge in [-0.25, -0.2) is 4.79 Å². The average molecular weight is 288 g/mol. The average Bonchev–Trinajstić information content (AvgIpc) is 2.81. The van der Waals surface area contributed by atoms with Gasteiger partial charge in [0.05, 0.1) is 13.7 Å². The molecule has 1 aromatic rings. The summed E-state index contributed by atoms with van der Waals surface area (Å²) in [7, 11) is 1.25. The van der Waals surface area contributed by atoms with E-state index in [2.05, 4.69) is 27.1 Å². The van der Waals surface area contributed by atoms with E-state index in [-0.39, 0.29) is 6.54 Å². The van der Waals surface area contributed by atoms with Gasteiger partial charge in [-0.05, 0) is 37.1 Å². The van der Waals surface area contributed by atoms with E-state index in [1.807, 2.05) is 36.7 Å². The molecule has 0 fully saturated rings. The van der Waals surface area contributed by atoms with Gasteiger partial charge in [0.1, 0.15) is 0 Å². The first kappa shape index (κ1) is 15.1. The second-order valence-corrected chi connectivity index (χ2v) is 4.72. The molecular weight excluding hydrogens is 268 g/mol. The van der Waals surface area contributed by atoms with Crippen molar-refractivity contribution < 1.29 is 14.6 Å². The van der Waals surface area contributed by atoms with Crippen molar-refractivity contribution in [3.8, 4) is 0 Å². The molecule has 0 amide bonds. The number of anilines is 2. The molecule has 1 aliphatic heterocycles. The number of carbonyl (C=O) groups excluding carboxylic acids is 1. The number of aliphatic hydroxyl groups excluding tert-OH is 1. The number of nitrogens with one attached hydrogen (secondary N) is 1. The third-order valence-electron chi connectivity index (χ3n) is 3.17. The summed E-state index contributed by atoms with van der Waals surface area (Å²) in [5.74, 6) is -0.640. The summed E-state index contributed by atoms with van der Waals surface area (Å²) in [6.07, 6.45) is 9.32. The maximum atomic E-state index is 11.1.